The third kappa shape index (κ3) is 1.94. The minimum atomic E-state index is 0.0115. The Balaban J connectivity index is 2.67. The maximum Gasteiger partial charge on any atom is 0.226 e. The zero-order valence-electron chi connectivity index (χ0n) is 6.12. The van der Waals surface area contributed by atoms with Crippen molar-refractivity contribution in [3.63, 3.8) is 0 Å². The number of aryl methyl sites for hydroxylation is 1. The van der Waals surface area contributed by atoms with Gasteiger partial charge in [-0.15, -0.1) is 0 Å². The summed E-state index contributed by atoms with van der Waals surface area (Å²) >= 11 is 3.26. The Hall–Kier alpha value is -0.550. The molecule has 0 saturated carbocycles. The van der Waals surface area contributed by atoms with E-state index in [1.165, 1.54) is 0 Å². The van der Waals surface area contributed by atoms with Crippen LogP contribution in [0.3, 0.4) is 0 Å². The lowest BCUT2D eigenvalue weighted by molar-refractivity contribution is 0.190. The van der Waals surface area contributed by atoms with E-state index in [9.17, 15) is 0 Å². The standard InChI is InChI=1S/C6H9BrN2O2/c1-9-6(11-3-2-10)5(7)4-8-9/h4,10H,2-3H2,1H3. The van der Waals surface area contributed by atoms with Gasteiger partial charge < -0.3 is 9.84 Å². The lowest BCUT2D eigenvalue weighted by Gasteiger charge is -2.03. The van der Waals surface area contributed by atoms with Crippen molar-refractivity contribution in [3.05, 3.63) is 10.7 Å². The molecule has 0 aliphatic carbocycles. The first-order valence-corrected chi connectivity index (χ1v) is 3.96. The van der Waals surface area contributed by atoms with Crippen LogP contribution in [0.15, 0.2) is 10.7 Å². The van der Waals surface area contributed by atoms with Gasteiger partial charge in [0.2, 0.25) is 5.88 Å². The molecule has 0 spiro atoms. The first-order valence-electron chi connectivity index (χ1n) is 3.17. The molecular weight excluding hydrogens is 212 g/mol. The van der Waals surface area contributed by atoms with E-state index in [-0.39, 0.29) is 13.2 Å². The first kappa shape index (κ1) is 8.55. The van der Waals surface area contributed by atoms with Crippen molar-refractivity contribution in [1.82, 2.24) is 9.78 Å². The third-order valence-corrected chi connectivity index (χ3v) is 1.72. The Kier molecular flexibility index (Phi) is 2.90. The van der Waals surface area contributed by atoms with Gasteiger partial charge in [0, 0.05) is 7.05 Å². The predicted octanol–water partition coefficient (Wildman–Crippen LogP) is 0.554. The zero-order valence-corrected chi connectivity index (χ0v) is 7.71. The van der Waals surface area contributed by atoms with Gasteiger partial charge in [-0.1, -0.05) is 0 Å². The van der Waals surface area contributed by atoms with Gasteiger partial charge in [-0.25, -0.2) is 4.68 Å². The number of nitrogens with zero attached hydrogens (tertiary/aromatic N) is 2. The summed E-state index contributed by atoms with van der Waals surface area (Å²) in [5.74, 6) is 0.638. The minimum Gasteiger partial charge on any atom is -0.475 e. The summed E-state index contributed by atoms with van der Waals surface area (Å²) in [5.41, 5.74) is 0. The number of halogens is 1. The third-order valence-electron chi connectivity index (χ3n) is 1.17. The summed E-state index contributed by atoms with van der Waals surface area (Å²) in [5, 5.41) is 12.4. The van der Waals surface area contributed by atoms with Crippen molar-refractivity contribution in [3.8, 4) is 5.88 Å². The Labute approximate surface area is 72.9 Å². The summed E-state index contributed by atoms with van der Waals surface area (Å²) in [6, 6.07) is 0. The van der Waals surface area contributed by atoms with Crippen LogP contribution in [-0.4, -0.2) is 28.1 Å². The van der Waals surface area contributed by atoms with E-state index >= 15 is 0 Å². The Morgan fingerprint density at radius 1 is 1.82 bits per heavy atom. The first-order chi connectivity index (χ1) is 5.25. The van der Waals surface area contributed by atoms with Crippen molar-refractivity contribution in [2.45, 2.75) is 0 Å². The molecule has 0 radical (unpaired) electrons. The summed E-state index contributed by atoms with van der Waals surface area (Å²) < 4.78 is 7.56. The fourth-order valence-corrected chi connectivity index (χ4v) is 1.17. The quantitative estimate of drug-likeness (QED) is 0.810. The molecule has 1 aromatic heterocycles. The van der Waals surface area contributed by atoms with E-state index in [1.807, 2.05) is 0 Å². The molecule has 0 amide bonds. The molecular formula is C6H9BrN2O2. The van der Waals surface area contributed by atoms with E-state index in [1.54, 1.807) is 17.9 Å². The van der Waals surface area contributed by atoms with Crippen LogP contribution in [-0.2, 0) is 7.05 Å². The Morgan fingerprint density at radius 3 is 3.00 bits per heavy atom. The van der Waals surface area contributed by atoms with Gasteiger partial charge >= 0.3 is 0 Å². The highest BCUT2D eigenvalue weighted by molar-refractivity contribution is 9.10. The lowest BCUT2D eigenvalue weighted by Crippen LogP contribution is -2.05. The van der Waals surface area contributed by atoms with Crippen LogP contribution in [0.25, 0.3) is 0 Å². The summed E-state index contributed by atoms with van der Waals surface area (Å²) in [6.45, 7) is 0.301. The SMILES string of the molecule is Cn1ncc(Br)c1OCCO. The van der Waals surface area contributed by atoms with Crippen LogP contribution >= 0.6 is 15.9 Å². The minimum absolute atomic E-state index is 0.0115. The summed E-state index contributed by atoms with van der Waals surface area (Å²) in [6.07, 6.45) is 1.65. The number of aliphatic hydroxyl groups is 1. The molecule has 11 heavy (non-hydrogen) atoms. The maximum atomic E-state index is 8.48. The molecule has 0 atom stereocenters. The molecule has 1 heterocycles. The van der Waals surface area contributed by atoms with Gasteiger partial charge in [-0.05, 0) is 15.9 Å². The Morgan fingerprint density at radius 2 is 2.55 bits per heavy atom. The monoisotopic (exact) mass is 220 g/mol. The average molecular weight is 221 g/mol. The number of rotatable bonds is 3. The van der Waals surface area contributed by atoms with Crippen LogP contribution in [0, 0.1) is 0 Å². The summed E-state index contributed by atoms with van der Waals surface area (Å²) in [4.78, 5) is 0. The van der Waals surface area contributed by atoms with Crippen molar-refractivity contribution < 1.29 is 9.84 Å². The second-order valence-electron chi connectivity index (χ2n) is 1.99. The highest BCUT2D eigenvalue weighted by atomic mass is 79.9. The van der Waals surface area contributed by atoms with Crippen LogP contribution in [0.5, 0.6) is 5.88 Å². The van der Waals surface area contributed by atoms with Crippen molar-refractivity contribution in [2.75, 3.05) is 13.2 Å². The predicted molar refractivity (Wildman–Crippen MR) is 43.5 cm³/mol. The van der Waals surface area contributed by atoms with E-state index in [0.717, 1.165) is 4.47 Å². The fourth-order valence-electron chi connectivity index (χ4n) is 0.704. The molecule has 5 heteroatoms. The van der Waals surface area contributed by atoms with Crippen LogP contribution in [0.2, 0.25) is 0 Å². The van der Waals surface area contributed by atoms with E-state index in [2.05, 4.69) is 21.0 Å². The number of aliphatic hydroxyl groups excluding tert-OH is 1. The van der Waals surface area contributed by atoms with Crippen LogP contribution in [0.1, 0.15) is 0 Å². The topological polar surface area (TPSA) is 47.3 Å². The molecule has 0 bridgehead atoms. The molecule has 0 aromatic carbocycles. The smallest absolute Gasteiger partial charge is 0.226 e. The van der Waals surface area contributed by atoms with E-state index in [4.69, 9.17) is 9.84 Å². The second kappa shape index (κ2) is 3.73. The molecule has 0 unspecified atom stereocenters. The number of hydrogen-bond donors (Lipinski definition) is 1. The van der Waals surface area contributed by atoms with Gasteiger partial charge in [-0.2, -0.15) is 5.10 Å². The van der Waals surface area contributed by atoms with E-state index < -0.39 is 0 Å². The van der Waals surface area contributed by atoms with Crippen molar-refractivity contribution in [1.29, 1.82) is 0 Å². The van der Waals surface area contributed by atoms with Crippen molar-refractivity contribution >= 4 is 15.9 Å². The fraction of sp³-hybridized carbons (Fsp3) is 0.500. The number of aromatic nitrogens is 2. The van der Waals surface area contributed by atoms with Crippen LogP contribution in [0.4, 0.5) is 0 Å². The molecule has 1 N–H and O–H groups in total. The zero-order chi connectivity index (χ0) is 8.27. The average Bonchev–Trinajstić information content (AvgIpc) is 2.29. The molecule has 1 rings (SSSR count). The van der Waals surface area contributed by atoms with Gasteiger partial charge in [0.1, 0.15) is 6.61 Å². The maximum absolute atomic E-state index is 8.48. The normalized spacial score (nSPS) is 10.1. The molecule has 0 saturated heterocycles. The molecule has 62 valence electrons. The molecule has 0 fully saturated rings. The number of hydrogen-bond acceptors (Lipinski definition) is 3. The Bertz CT molecular complexity index is 217. The van der Waals surface area contributed by atoms with Gasteiger partial charge in [0.05, 0.1) is 17.3 Å². The van der Waals surface area contributed by atoms with E-state index in [0.29, 0.717) is 5.88 Å². The van der Waals surface area contributed by atoms with Gasteiger partial charge in [0.25, 0.3) is 0 Å². The van der Waals surface area contributed by atoms with Gasteiger partial charge in [0.15, 0.2) is 0 Å². The highest BCUT2D eigenvalue weighted by Crippen LogP contribution is 2.22. The number of ether oxygens (including phenoxy) is 1. The highest BCUT2D eigenvalue weighted by Gasteiger charge is 2.05. The molecule has 4 nitrogen and oxygen atoms in total. The molecule has 1 aromatic rings. The lowest BCUT2D eigenvalue weighted by atomic mass is 10.7. The molecule has 0 aliphatic heterocycles. The van der Waals surface area contributed by atoms with Gasteiger partial charge in [-0.3, -0.25) is 0 Å². The second-order valence-corrected chi connectivity index (χ2v) is 2.85. The molecule has 0 aliphatic rings. The summed E-state index contributed by atoms with van der Waals surface area (Å²) in [7, 11) is 1.78. The largest absolute Gasteiger partial charge is 0.475 e. The van der Waals surface area contributed by atoms with Crippen LogP contribution < -0.4 is 4.74 Å². The van der Waals surface area contributed by atoms with Crippen molar-refractivity contribution in [2.24, 2.45) is 7.05 Å².